The van der Waals surface area contributed by atoms with Crippen molar-refractivity contribution in [1.82, 2.24) is 0 Å². The van der Waals surface area contributed by atoms with Crippen LogP contribution in [0.3, 0.4) is 0 Å². The highest BCUT2D eigenvalue weighted by Crippen LogP contribution is 2.19. The Morgan fingerprint density at radius 3 is 2.73 bits per heavy atom. The quantitative estimate of drug-likeness (QED) is 0.834. The minimum Gasteiger partial charge on any atom is -0.478 e. The Bertz CT molecular complexity index is 341. The van der Waals surface area contributed by atoms with Gasteiger partial charge in [-0.25, -0.2) is 4.79 Å². The first-order chi connectivity index (χ1) is 7.16. The van der Waals surface area contributed by atoms with Gasteiger partial charge in [-0.3, -0.25) is 0 Å². The summed E-state index contributed by atoms with van der Waals surface area (Å²) in [6.45, 7) is 0.853. The maximum atomic E-state index is 11.0. The van der Waals surface area contributed by atoms with Crippen molar-refractivity contribution in [3.05, 3.63) is 29.8 Å². The fraction of sp³-hybridized carbons (Fsp3) is 0.364. The number of carboxylic acid groups (broad SMARTS) is 1. The molecule has 0 unspecified atom stereocenters. The summed E-state index contributed by atoms with van der Waals surface area (Å²) in [6, 6.07) is 7.07. The number of hydrogen-bond donors (Lipinski definition) is 1. The summed E-state index contributed by atoms with van der Waals surface area (Å²) in [4.78, 5) is 12.9. The smallest absolute Gasteiger partial charge is 0.337 e. The first kappa shape index (κ1) is 11.9. The van der Waals surface area contributed by atoms with E-state index >= 15 is 0 Å². The first-order valence-electron chi connectivity index (χ1n) is 4.69. The molecule has 82 valence electrons. The van der Waals surface area contributed by atoms with Crippen LogP contribution in [0.15, 0.2) is 24.3 Å². The molecular formula is C11H15NO2S. The van der Waals surface area contributed by atoms with E-state index in [-0.39, 0.29) is 0 Å². The van der Waals surface area contributed by atoms with Gasteiger partial charge >= 0.3 is 5.97 Å². The average molecular weight is 225 g/mol. The number of carboxylic acids is 1. The van der Waals surface area contributed by atoms with Crippen LogP contribution in [-0.4, -0.2) is 36.7 Å². The van der Waals surface area contributed by atoms with Crippen LogP contribution in [0.5, 0.6) is 0 Å². The zero-order valence-electron chi connectivity index (χ0n) is 8.93. The number of hydrogen-bond acceptors (Lipinski definition) is 3. The molecular weight excluding hydrogens is 210 g/mol. The van der Waals surface area contributed by atoms with E-state index in [1.807, 2.05) is 30.3 Å². The van der Waals surface area contributed by atoms with Crippen molar-refractivity contribution >= 4 is 23.4 Å². The van der Waals surface area contributed by atoms with Crippen LogP contribution in [-0.2, 0) is 0 Å². The zero-order chi connectivity index (χ0) is 11.3. The molecule has 0 heterocycles. The van der Waals surface area contributed by atoms with E-state index < -0.39 is 5.97 Å². The summed E-state index contributed by atoms with van der Waals surface area (Å²) in [5.74, 6) is 0.117. The summed E-state index contributed by atoms with van der Waals surface area (Å²) in [5.41, 5.74) is 1.14. The van der Waals surface area contributed by atoms with Crippen LogP contribution in [0.2, 0.25) is 0 Å². The molecule has 0 amide bonds. The predicted octanol–water partition coefficient (Wildman–Crippen LogP) is 2.18. The van der Waals surface area contributed by atoms with Gasteiger partial charge in [0, 0.05) is 19.3 Å². The number of nitrogens with zero attached hydrogens (tertiary/aromatic N) is 1. The van der Waals surface area contributed by atoms with Gasteiger partial charge in [-0.1, -0.05) is 12.1 Å². The van der Waals surface area contributed by atoms with Crippen LogP contribution in [0, 0.1) is 0 Å². The van der Waals surface area contributed by atoms with E-state index in [1.165, 1.54) is 0 Å². The number of para-hydroxylation sites is 1. The van der Waals surface area contributed by atoms with E-state index in [9.17, 15) is 4.79 Å². The average Bonchev–Trinajstić information content (AvgIpc) is 2.25. The van der Waals surface area contributed by atoms with Crippen molar-refractivity contribution in [2.24, 2.45) is 0 Å². The zero-order valence-corrected chi connectivity index (χ0v) is 9.75. The maximum Gasteiger partial charge on any atom is 0.337 e. The third-order valence-corrected chi connectivity index (χ3v) is 2.77. The molecule has 0 radical (unpaired) electrons. The maximum absolute atomic E-state index is 11.0. The Kier molecular flexibility index (Phi) is 4.49. The highest BCUT2D eigenvalue weighted by Gasteiger charge is 2.11. The molecule has 0 aromatic heterocycles. The summed E-state index contributed by atoms with van der Waals surface area (Å²) in [5, 5.41) is 9.01. The van der Waals surface area contributed by atoms with E-state index in [0.717, 1.165) is 18.0 Å². The number of rotatable bonds is 5. The summed E-state index contributed by atoms with van der Waals surface area (Å²) in [6.07, 6.45) is 2.04. The fourth-order valence-corrected chi connectivity index (χ4v) is 1.79. The third kappa shape index (κ3) is 3.16. The molecule has 0 spiro atoms. The lowest BCUT2D eigenvalue weighted by Gasteiger charge is -2.20. The van der Waals surface area contributed by atoms with Gasteiger partial charge in [0.1, 0.15) is 0 Å². The van der Waals surface area contributed by atoms with Crippen molar-refractivity contribution < 1.29 is 9.90 Å². The van der Waals surface area contributed by atoms with E-state index in [1.54, 1.807) is 23.9 Å². The Morgan fingerprint density at radius 2 is 2.13 bits per heavy atom. The third-order valence-electron chi connectivity index (χ3n) is 2.18. The lowest BCUT2D eigenvalue weighted by molar-refractivity contribution is 0.0697. The normalized spacial score (nSPS) is 10.0. The number of carbonyl (C=O) groups is 1. The van der Waals surface area contributed by atoms with Crippen molar-refractivity contribution in [2.45, 2.75) is 0 Å². The van der Waals surface area contributed by atoms with Gasteiger partial charge in [-0.05, 0) is 18.4 Å². The molecule has 0 aliphatic carbocycles. The standard InChI is InChI=1S/C11H15NO2S/c1-12(7-8-15-2)10-6-4-3-5-9(10)11(13)14/h3-6H,7-8H2,1-2H3,(H,13,14). The Morgan fingerprint density at radius 1 is 1.47 bits per heavy atom. The topological polar surface area (TPSA) is 40.5 Å². The molecule has 4 heteroatoms. The molecule has 0 fully saturated rings. The highest BCUT2D eigenvalue weighted by atomic mass is 32.2. The molecule has 15 heavy (non-hydrogen) atoms. The Balaban J connectivity index is 2.87. The van der Waals surface area contributed by atoms with Gasteiger partial charge in [0.05, 0.1) is 11.3 Å². The van der Waals surface area contributed by atoms with Crippen molar-refractivity contribution in [3.8, 4) is 0 Å². The largest absolute Gasteiger partial charge is 0.478 e. The summed E-state index contributed by atoms with van der Waals surface area (Å²) >= 11 is 1.75. The van der Waals surface area contributed by atoms with Crippen LogP contribution in [0.25, 0.3) is 0 Å². The SMILES string of the molecule is CSCCN(C)c1ccccc1C(=O)O. The van der Waals surface area contributed by atoms with Gasteiger partial charge < -0.3 is 10.0 Å². The highest BCUT2D eigenvalue weighted by molar-refractivity contribution is 7.98. The fourth-order valence-electron chi connectivity index (χ4n) is 1.34. The minimum absolute atomic E-state index is 0.362. The molecule has 1 N–H and O–H groups in total. The molecule has 0 atom stereocenters. The predicted molar refractivity (Wildman–Crippen MR) is 65.1 cm³/mol. The van der Waals surface area contributed by atoms with Crippen molar-refractivity contribution in [2.75, 3.05) is 30.5 Å². The monoisotopic (exact) mass is 225 g/mol. The Labute approximate surface area is 94.1 Å². The van der Waals surface area contributed by atoms with Crippen LogP contribution >= 0.6 is 11.8 Å². The second kappa shape index (κ2) is 5.66. The number of thioether (sulfide) groups is 1. The molecule has 1 aromatic carbocycles. The van der Waals surface area contributed by atoms with Crippen molar-refractivity contribution in [1.29, 1.82) is 0 Å². The summed E-state index contributed by atoms with van der Waals surface area (Å²) in [7, 11) is 1.91. The lowest BCUT2D eigenvalue weighted by atomic mass is 10.1. The van der Waals surface area contributed by atoms with Crippen LogP contribution in [0.1, 0.15) is 10.4 Å². The van der Waals surface area contributed by atoms with Crippen LogP contribution < -0.4 is 4.90 Å². The Hall–Kier alpha value is -1.16. The lowest BCUT2D eigenvalue weighted by Crippen LogP contribution is -2.22. The van der Waals surface area contributed by atoms with Crippen LogP contribution in [0.4, 0.5) is 5.69 Å². The molecule has 0 saturated carbocycles. The van der Waals surface area contributed by atoms with Gasteiger partial charge in [-0.15, -0.1) is 0 Å². The van der Waals surface area contributed by atoms with Gasteiger partial charge in [0.15, 0.2) is 0 Å². The second-order valence-corrected chi connectivity index (χ2v) is 4.22. The van der Waals surface area contributed by atoms with E-state index in [2.05, 4.69) is 0 Å². The number of aromatic carboxylic acids is 1. The molecule has 1 aromatic rings. The molecule has 1 rings (SSSR count). The van der Waals surface area contributed by atoms with E-state index in [4.69, 9.17) is 5.11 Å². The first-order valence-corrected chi connectivity index (χ1v) is 6.08. The second-order valence-electron chi connectivity index (χ2n) is 3.24. The number of benzene rings is 1. The van der Waals surface area contributed by atoms with Gasteiger partial charge in [-0.2, -0.15) is 11.8 Å². The number of anilines is 1. The van der Waals surface area contributed by atoms with Gasteiger partial charge in [0.2, 0.25) is 0 Å². The molecule has 3 nitrogen and oxygen atoms in total. The molecule has 0 bridgehead atoms. The molecule has 0 aliphatic rings. The summed E-state index contributed by atoms with van der Waals surface area (Å²) < 4.78 is 0. The van der Waals surface area contributed by atoms with Gasteiger partial charge in [0.25, 0.3) is 0 Å². The minimum atomic E-state index is -0.874. The van der Waals surface area contributed by atoms with Crippen molar-refractivity contribution in [3.63, 3.8) is 0 Å². The molecule has 0 saturated heterocycles. The van der Waals surface area contributed by atoms with E-state index in [0.29, 0.717) is 5.56 Å². The molecule has 0 aliphatic heterocycles.